The predicted octanol–water partition coefficient (Wildman–Crippen LogP) is 3.50. The third kappa shape index (κ3) is 4.21. The van der Waals surface area contributed by atoms with E-state index < -0.39 is 6.04 Å². The second-order valence-corrected chi connectivity index (χ2v) is 5.14. The monoisotopic (exact) mass is 304 g/mol. The van der Waals surface area contributed by atoms with Crippen LogP contribution in [0.15, 0.2) is 48.5 Å². The topological polar surface area (TPSA) is 61.4 Å². The van der Waals surface area contributed by atoms with Crippen LogP contribution < -0.4 is 10.6 Å². The van der Waals surface area contributed by atoms with E-state index in [9.17, 15) is 9.90 Å². The van der Waals surface area contributed by atoms with Gasteiger partial charge in [-0.2, -0.15) is 0 Å². The van der Waals surface area contributed by atoms with Gasteiger partial charge in [-0.05, 0) is 36.2 Å². The number of aliphatic hydroxyl groups is 1. The van der Waals surface area contributed by atoms with Crippen LogP contribution >= 0.6 is 11.6 Å². The minimum Gasteiger partial charge on any atom is -0.394 e. The van der Waals surface area contributed by atoms with Gasteiger partial charge in [0.1, 0.15) is 0 Å². The Labute approximate surface area is 128 Å². The second kappa shape index (κ2) is 7.11. The van der Waals surface area contributed by atoms with Crippen molar-refractivity contribution in [2.24, 2.45) is 0 Å². The first-order chi connectivity index (χ1) is 10.1. The molecule has 2 rings (SSSR count). The van der Waals surface area contributed by atoms with Gasteiger partial charge in [0.25, 0.3) is 0 Å². The smallest absolute Gasteiger partial charge is 0.319 e. The van der Waals surface area contributed by atoms with Gasteiger partial charge >= 0.3 is 6.03 Å². The van der Waals surface area contributed by atoms with Crippen LogP contribution in [0.3, 0.4) is 0 Å². The number of urea groups is 1. The molecule has 0 radical (unpaired) electrons. The van der Waals surface area contributed by atoms with Crippen LogP contribution in [0.5, 0.6) is 0 Å². The van der Waals surface area contributed by atoms with Gasteiger partial charge in [-0.1, -0.05) is 41.9 Å². The maximum absolute atomic E-state index is 12.0. The van der Waals surface area contributed by atoms with Crippen molar-refractivity contribution in [1.82, 2.24) is 5.32 Å². The van der Waals surface area contributed by atoms with Crippen LogP contribution in [-0.2, 0) is 0 Å². The Bertz CT molecular complexity index is 617. The van der Waals surface area contributed by atoms with Crippen molar-refractivity contribution in [3.05, 3.63) is 64.7 Å². The van der Waals surface area contributed by atoms with Crippen molar-refractivity contribution in [3.8, 4) is 0 Å². The van der Waals surface area contributed by atoms with Crippen LogP contribution in [0.2, 0.25) is 5.02 Å². The van der Waals surface area contributed by atoms with Crippen molar-refractivity contribution in [2.75, 3.05) is 11.9 Å². The van der Waals surface area contributed by atoms with Gasteiger partial charge in [-0.25, -0.2) is 4.79 Å². The van der Waals surface area contributed by atoms with E-state index in [4.69, 9.17) is 11.6 Å². The fourth-order valence-electron chi connectivity index (χ4n) is 2.00. The molecular formula is C16H17ClN2O2. The Morgan fingerprint density at radius 2 is 1.95 bits per heavy atom. The summed E-state index contributed by atoms with van der Waals surface area (Å²) in [5, 5.41) is 15.5. The quantitative estimate of drug-likeness (QED) is 0.809. The van der Waals surface area contributed by atoms with Crippen molar-refractivity contribution >= 4 is 23.3 Å². The summed E-state index contributed by atoms with van der Waals surface area (Å²) in [5.41, 5.74) is 2.41. The Morgan fingerprint density at radius 1 is 1.24 bits per heavy atom. The Kier molecular flexibility index (Phi) is 5.20. The number of benzene rings is 2. The summed E-state index contributed by atoms with van der Waals surface area (Å²) in [4.78, 5) is 12.0. The molecule has 0 aliphatic carbocycles. The molecule has 0 aliphatic rings. The highest BCUT2D eigenvalue weighted by atomic mass is 35.5. The number of hydrogen-bond acceptors (Lipinski definition) is 2. The summed E-state index contributed by atoms with van der Waals surface area (Å²) in [6.45, 7) is 1.69. The van der Waals surface area contributed by atoms with E-state index >= 15 is 0 Å². The molecule has 1 atom stereocenters. The molecule has 0 spiro atoms. The second-order valence-electron chi connectivity index (χ2n) is 4.70. The van der Waals surface area contributed by atoms with E-state index in [1.54, 1.807) is 18.2 Å². The molecule has 0 aromatic heterocycles. The molecule has 0 bridgehead atoms. The molecule has 110 valence electrons. The highest BCUT2D eigenvalue weighted by Gasteiger charge is 2.13. The lowest BCUT2D eigenvalue weighted by Crippen LogP contribution is -2.34. The van der Waals surface area contributed by atoms with E-state index in [-0.39, 0.29) is 12.6 Å². The maximum atomic E-state index is 12.0. The standard InChI is InChI=1S/C16H17ClN2O2/c1-11-9-13(17)7-8-14(11)18-16(21)19-15(10-20)12-5-3-2-4-6-12/h2-9,15,20H,10H2,1H3,(H2,18,19,21)/t15-/m1/s1. The fourth-order valence-corrected chi connectivity index (χ4v) is 2.23. The summed E-state index contributed by atoms with van der Waals surface area (Å²) in [6.07, 6.45) is 0. The largest absolute Gasteiger partial charge is 0.394 e. The highest BCUT2D eigenvalue weighted by molar-refractivity contribution is 6.30. The summed E-state index contributed by atoms with van der Waals surface area (Å²) < 4.78 is 0. The number of aliphatic hydroxyl groups excluding tert-OH is 1. The van der Waals surface area contributed by atoms with Crippen molar-refractivity contribution in [3.63, 3.8) is 0 Å². The van der Waals surface area contributed by atoms with Gasteiger partial charge < -0.3 is 15.7 Å². The fraction of sp³-hybridized carbons (Fsp3) is 0.188. The van der Waals surface area contributed by atoms with Crippen molar-refractivity contribution in [1.29, 1.82) is 0 Å². The van der Waals surface area contributed by atoms with E-state index in [0.29, 0.717) is 10.7 Å². The number of aryl methyl sites for hydroxylation is 1. The molecule has 4 nitrogen and oxygen atoms in total. The number of carbonyl (C=O) groups excluding carboxylic acids is 1. The molecule has 0 saturated heterocycles. The molecule has 2 aromatic rings. The number of amides is 2. The van der Waals surface area contributed by atoms with E-state index in [0.717, 1.165) is 11.1 Å². The van der Waals surface area contributed by atoms with Crippen LogP contribution in [0.1, 0.15) is 17.2 Å². The highest BCUT2D eigenvalue weighted by Crippen LogP contribution is 2.20. The first-order valence-electron chi connectivity index (χ1n) is 6.59. The Morgan fingerprint density at radius 3 is 2.57 bits per heavy atom. The van der Waals surface area contributed by atoms with E-state index in [2.05, 4.69) is 10.6 Å². The van der Waals surface area contributed by atoms with E-state index in [1.165, 1.54) is 0 Å². The molecule has 0 unspecified atom stereocenters. The minimum atomic E-state index is -0.446. The summed E-state index contributed by atoms with van der Waals surface area (Å²) in [6, 6.07) is 13.7. The Hall–Kier alpha value is -2.04. The van der Waals surface area contributed by atoms with Crippen LogP contribution in [0, 0.1) is 6.92 Å². The molecule has 0 heterocycles. The molecule has 21 heavy (non-hydrogen) atoms. The average molecular weight is 305 g/mol. The third-order valence-electron chi connectivity index (χ3n) is 3.13. The summed E-state index contributed by atoms with van der Waals surface area (Å²) in [5.74, 6) is 0. The molecule has 0 fully saturated rings. The van der Waals surface area contributed by atoms with Crippen LogP contribution in [0.25, 0.3) is 0 Å². The number of halogens is 1. The first kappa shape index (κ1) is 15.4. The lowest BCUT2D eigenvalue weighted by atomic mass is 10.1. The molecule has 0 aliphatic heterocycles. The Balaban J connectivity index is 2.03. The lowest BCUT2D eigenvalue weighted by Gasteiger charge is -2.18. The third-order valence-corrected chi connectivity index (χ3v) is 3.36. The van der Waals surface area contributed by atoms with E-state index in [1.807, 2.05) is 37.3 Å². The van der Waals surface area contributed by atoms with Gasteiger partial charge in [0, 0.05) is 10.7 Å². The molecule has 2 aromatic carbocycles. The molecular weight excluding hydrogens is 288 g/mol. The minimum absolute atomic E-state index is 0.170. The van der Waals surface area contributed by atoms with Gasteiger partial charge in [0.05, 0.1) is 12.6 Å². The predicted molar refractivity (Wildman–Crippen MR) is 84.6 cm³/mol. The number of carbonyl (C=O) groups is 1. The summed E-state index contributed by atoms with van der Waals surface area (Å²) in [7, 11) is 0. The number of anilines is 1. The SMILES string of the molecule is Cc1cc(Cl)ccc1NC(=O)N[C@H](CO)c1ccccc1. The van der Waals surface area contributed by atoms with Gasteiger partial charge in [-0.15, -0.1) is 0 Å². The maximum Gasteiger partial charge on any atom is 0.319 e. The number of hydrogen-bond donors (Lipinski definition) is 3. The zero-order valence-corrected chi connectivity index (χ0v) is 12.4. The van der Waals surface area contributed by atoms with Gasteiger partial charge in [0.15, 0.2) is 0 Å². The zero-order chi connectivity index (χ0) is 15.2. The molecule has 0 saturated carbocycles. The van der Waals surface area contributed by atoms with Crippen molar-refractivity contribution in [2.45, 2.75) is 13.0 Å². The lowest BCUT2D eigenvalue weighted by molar-refractivity contribution is 0.225. The van der Waals surface area contributed by atoms with Crippen LogP contribution in [-0.4, -0.2) is 17.7 Å². The number of nitrogens with one attached hydrogen (secondary N) is 2. The zero-order valence-electron chi connectivity index (χ0n) is 11.6. The molecule has 3 N–H and O–H groups in total. The normalized spacial score (nSPS) is 11.8. The molecule has 2 amide bonds. The average Bonchev–Trinajstić information content (AvgIpc) is 2.48. The van der Waals surface area contributed by atoms with Gasteiger partial charge in [0.2, 0.25) is 0 Å². The van der Waals surface area contributed by atoms with Crippen molar-refractivity contribution < 1.29 is 9.90 Å². The molecule has 5 heteroatoms. The first-order valence-corrected chi connectivity index (χ1v) is 6.97. The van der Waals surface area contributed by atoms with Crippen LogP contribution in [0.4, 0.5) is 10.5 Å². The number of rotatable bonds is 4. The summed E-state index contributed by atoms with van der Waals surface area (Å²) >= 11 is 5.88. The van der Waals surface area contributed by atoms with Gasteiger partial charge in [-0.3, -0.25) is 0 Å².